The second kappa shape index (κ2) is 6.86. The van der Waals surface area contributed by atoms with E-state index >= 15 is 0 Å². The molecule has 1 aliphatic rings. The molecule has 110 valence electrons. The third-order valence-corrected chi connectivity index (χ3v) is 4.30. The monoisotopic (exact) mass is 277 g/mol. The largest absolute Gasteiger partial charge is 0.333 e. The molecule has 0 spiro atoms. The standard InChI is InChI=1S/C16H25N3O/c1-13-5-7-15(8-6-13)17-16(20)14(2)19-10-4-9-18(3)11-12-19/h5-8,14H,4,9-12H2,1-3H3,(H,17,20)/p+2/t14-/m1/s1. The first-order valence-electron chi connectivity index (χ1n) is 7.59. The van der Waals surface area contributed by atoms with E-state index in [2.05, 4.69) is 19.3 Å². The van der Waals surface area contributed by atoms with Gasteiger partial charge in [0, 0.05) is 12.1 Å². The number of rotatable bonds is 3. The molecule has 1 saturated heterocycles. The van der Waals surface area contributed by atoms with Gasteiger partial charge in [-0.05, 0) is 26.0 Å². The van der Waals surface area contributed by atoms with Crippen LogP contribution in [0, 0.1) is 6.92 Å². The van der Waals surface area contributed by atoms with Gasteiger partial charge in [-0.2, -0.15) is 0 Å². The summed E-state index contributed by atoms with van der Waals surface area (Å²) in [6.07, 6.45) is 1.20. The molecule has 0 saturated carbocycles. The van der Waals surface area contributed by atoms with Crippen molar-refractivity contribution < 1.29 is 14.6 Å². The van der Waals surface area contributed by atoms with Gasteiger partial charge in [-0.25, -0.2) is 0 Å². The van der Waals surface area contributed by atoms with Gasteiger partial charge in [-0.3, -0.25) is 4.79 Å². The van der Waals surface area contributed by atoms with Gasteiger partial charge in [-0.15, -0.1) is 0 Å². The number of amides is 1. The summed E-state index contributed by atoms with van der Waals surface area (Å²) in [5.74, 6) is 0.128. The summed E-state index contributed by atoms with van der Waals surface area (Å²) in [7, 11) is 2.24. The predicted molar refractivity (Wildman–Crippen MR) is 81.2 cm³/mol. The van der Waals surface area contributed by atoms with E-state index in [1.165, 1.54) is 23.4 Å². The Morgan fingerprint density at radius 3 is 2.55 bits per heavy atom. The van der Waals surface area contributed by atoms with E-state index in [0.717, 1.165) is 25.3 Å². The van der Waals surface area contributed by atoms with Crippen molar-refractivity contribution in [3.05, 3.63) is 29.8 Å². The minimum atomic E-state index is 0.0159. The van der Waals surface area contributed by atoms with Crippen molar-refractivity contribution in [2.24, 2.45) is 0 Å². The first kappa shape index (κ1) is 15.0. The molecule has 0 bridgehead atoms. The van der Waals surface area contributed by atoms with Crippen LogP contribution in [0.3, 0.4) is 0 Å². The average molecular weight is 277 g/mol. The van der Waals surface area contributed by atoms with E-state index in [-0.39, 0.29) is 11.9 Å². The molecule has 1 amide bonds. The van der Waals surface area contributed by atoms with Crippen LogP contribution in [0.2, 0.25) is 0 Å². The van der Waals surface area contributed by atoms with Crippen LogP contribution in [-0.2, 0) is 4.79 Å². The second-order valence-electron chi connectivity index (χ2n) is 6.05. The fourth-order valence-electron chi connectivity index (χ4n) is 2.75. The van der Waals surface area contributed by atoms with Gasteiger partial charge >= 0.3 is 0 Å². The SMILES string of the molecule is Cc1ccc(NC(=O)[C@@H](C)[NH+]2CCC[NH+](C)CC2)cc1. The zero-order valence-electron chi connectivity index (χ0n) is 12.8. The zero-order valence-corrected chi connectivity index (χ0v) is 12.8. The molecule has 1 heterocycles. The molecule has 2 unspecified atom stereocenters. The van der Waals surface area contributed by atoms with E-state index in [9.17, 15) is 4.79 Å². The summed E-state index contributed by atoms with van der Waals surface area (Å²) >= 11 is 0. The lowest BCUT2D eigenvalue weighted by molar-refractivity contribution is -0.938. The highest BCUT2D eigenvalue weighted by Gasteiger charge is 2.27. The summed E-state index contributed by atoms with van der Waals surface area (Å²) in [5.41, 5.74) is 2.10. The topological polar surface area (TPSA) is 38.0 Å². The molecule has 0 radical (unpaired) electrons. The molecule has 20 heavy (non-hydrogen) atoms. The molecule has 1 aromatic rings. The third-order valence-electron chi connectivity index (χ3n) is 4.30. The Labute approximate surface area is 121 Å². The van der Waals surface area contributed by atoms with Crippen LogP contribution in [-0.4, -0.2) is 45.2 Å². The maximum atomic E-state index is 12.4. The van der Waals surface area contributed by atoms with E-state index in [1.807, 2.05) is 31.2 Å². The Kier molecular flexibility index (Phi) is 5.15. The summed E-state index contributed by atoms with van der Waals surface area (Å²) in [6, 6.07) is 8.00. The molecule has 0 aliphatic carbocycles. The summed E-state index contributed by atoms with van der Waals surface area (Å²) in [5, 5.41) is 3.03. The van der Waals surface area contributed by atoms with Gasteiger partial charge in [0.25, 0.3) is 5.91 Å². The highest BCUT2D eigenvalue weighted by atomic mass is 16.2. The Balaban J connectivity index is 1.92. The summed E-state index contributed by atoms with van der Waals surface area (Å²) in [6.45, 7) is 8.63. The van der Waals surface area contributed by atoms with Crippen molar-refractivity contribution in [2.75, 3.05) is 38.5 Å². The maximum Gasteiger partial charge on any atom is 0.282 e. The van der Waals surface area contributed by atoms with Crippen LogP contribution in [0.4, 0.5) is 5.69 Å². The highest BCUT2D eigenvalue weighted by Crippen LogP contribution is 2.08. The number of anilines is 1. The number of quaternary nitrogens is 2. The second-order valence-corrected chi connectivity index (χ2v) is 6.05. The molecule has 4 heteroatoms. The van der Waals surface area contributed by atoms with Gasteiger partial charge in [-0.1, -0.05) is 17.7 Å². The fraction of sp³-hybridized carbons (Fsp3) is 0.562. The lowest BCUT2D eigenvalue weighted by atomic mass is 10.2. The lowest BCUT2D eigenvalue weighted by Crippen LogP contribution is -3.19. The third kappa shape index (κ3) is 4.05. The van der Waals surface area contributed by atoms with Crippen molar-refractivity contribution in [3.63, 3.8) is 0 Å². The van der Waals surface area contributed by atoms with E-state index in [4.69, 9.17) is 0 Å². The molecule has 0 aromatic heterocycles. The molecule has 1 aromatic carbocycles. The van der Waals surface area contributed by atoms with E-state index in [1.54, 1.807) is 4.90 Å². The number of benzene rings is 1. The number of likely N-dealkylation sites (N-methyl/N-ethyl adjacent to an activating group) is 1. The van der Waals surface area contributed by atoms with Gasteiger partial charge in [0.05, 0.1) is 20.1 Å². The Bertz CT molecular complexity index is 444. The lowest BCUT2D eigenvalue weighted by Gasteiger charge is -2.23. The normalized spacial score (nSPS) is 24.8. The maximum absolute atomic E-state index is 12.4. The number of aryl methyl sites for hydroxylation is 1. The highest BCUT2D eigenvalue weighted by molar-refractivity contribution is 5.93. The molecule has 2 rings (SSSR count). The van der Waals surface area contributed by atoms with E-state index in [0.29, 0.717) is 0 Å². The quantitative estimate of drug-likeness (QED) is 0.660. The first-order chi connectivity index (χ1) is 9.56. The molecule has 4 nitrogen and oxygen atoms in total. The first-order valence-corrected chi connectivity index (χ1v) is 7.59. The van der Waals surface area contributed by atoms with Crippen molar-refractivity contribution in [1.29, 1.82) is 0 Å². The molecule has 1 aliphatic heterocycles. The van der Waals surface area contributed by atoms with Crippen LogP contribution >= 0.6 is 0 Å². The number of nitrogens with one attached hydrogen (secondary N) is 3. The number of hydrogen-bond acceptors (Lipinski definition) is 1. The van der Waals surface area contributed by atoms with Crippen LogP contribution in [0.1, 0.15) is 18.9 Å². The summed E-state index contributed by atoms with van der Waals surface area (Å²) in [4.78, 5) is 15.3. The van der Waals surface area contributed by atoms with Crippen molar-refractivity contribution in [2.45, 2.75) is 26.3 Å². The van der Waals surface area contributed by atoms with Crippen molar-refractivity contribution in [1.82, 2.24) is 0 Å². The Morgan fingerprint density at radius 1 is 1.15 bits per heavy atom. The average Bonchev–Trinajstić information content (AvgIpc) is 2.65. The number of carbonyl (C=O) groups excluding carboxylic acids is 1. The van der Waals surface area contributed by atoms with Crippen LogP contribution < -0.4 is 15.1 Å². The van der Waals surface area contributed by atoms with Crippen LogP contribution in [0.15, 0.2) is 24.3 Å². The van der Waals surface area contributed by atoms with Gasteiger partial charge < -0.3 is 15.1 Å². The number of carbonyl (C=O) groups is 1. The molecule has 3 atom stereocenters. The van der Waals surface area contributed by atoms with Gasteiger partial charge in [0.2, 0.25) is 0 Å². The molecule has 1 fully saturated rings. The fourth-order valence-corrected chi connectivity index (χ4v) is 2.75. The van der Waals surface area contributed by atoms with Crippen molar-refractivity contribution >= 4 is 11.6 Å². The summed E-state index contributed by atoms with van der Waals surface area (Å²) < 4.78 is 0. The van der Waals surface area contributed by atoms with E-state index < -0.39 is 0 Å². The minimum absolute atomic E-state index is 0.0159. The van der Waals surface area contributed by atoms with Gasteiger partial charge in [0.1, 0.15) is 13.1 Å². The van der Waals surface area contributed by atoms with Crippen LogP contribution in [0.25, 0.3) is 0 Å². The smallest absolute Gasteiger partial charge is 0.282 e. The Morgan fingerprint density at radius 2 is 1.85 bits per heavy atom. The zero-order chi connectivity index (χ0) is 14.5. The molecular formula is C16H27N3O+2. The van der Waals surface area contributed by atoms with Crippen molar-refractivity contribution in [3.8, 4) is 0 Å². The van der Waals surface area contributed by atoms with Crippen LogP contribution in [0.5, 0.6) is 0 Å². The Hall–Kier alpha value is -1.39. The molecule has 3 N–H and O–H groups in total. The predicted octanol–water partition coefficient (Wildman–Crippen LogP) is -0.875. The van der Waals surface area contributed by atoms with Gasteiger partial charge in [0.15, 0.2) is 6.04 Å². The number of hydrogen-bond donors (Lipinski definition) is 3. The molecular weight excluding hydrogens is 250 g/mol. The minimum Gasteiger partial charge on any atom is -0.333 e.